The Morgan fingerprint density at radius 2 is 2.05 bits per heavy atom. The fourth-order valence-electron chi connectivity index (χ4n) is 1.71. The number of carbonyl (C=O) groups excluding carboxylic acids is 1. The Kier molecular flexibility index (Phi) is 3.89. The van der Waals surface area contributed by atoms with Gasteiger partial charge in [0.05, 0.1) is 5.56 Å². The summed E-state index contributed by atoms with van der Waals surface area (Å²) < 4.78 is 15.6. The second-order valence-electron chi connectivity index (χ2n) is 4.11. The van der Waals surface area contributed by atoms with E-state index in [1.54, 1.807) is 23.9 Å². The third kappa shape index (κ3) is 2.88. The number of aryl methyl sites for hydroxylation is 1. The third-order valence-corrected chi connectivity index (χ3v) is 3.09. The summed E-state index contributed by atoms with van der Waals surface area (Å²) in [7, 11) is 1.70. The molecule has 20 heavy (non-hydrogen) atoms. The molecule has 0 aliphatic carbocycles. The van der Waals surface area contributed by atoms with Crippen molar-refractivity contribution in [2.75, 3.05) is 5.32 Å². The first-order valence-corrected chi connectivity index (χ1v) is 6.34. The summed E-state index contributed by atoms with van der Waals surface area (Å²) in [6, 6.07) is 5.00. The Morgan fingerprint density at radius 1 is 1.35 bits per heavy atom. The lowest BCUT2D eigenvalue weighted by atomic mass is 10.2. The number of carboxylic acids is 1. The number of aromatic nitrogens is 1. The largest absolute Gasteiger partial charge is 0.478 e. The Bertz CT molecular complexity index is 697. The zero-order valence-corrected chi connectivity index (χ0v) is 11.9. The summed E-state index contributed by atoms with van der Waals surface area (Å²) in [5.41, 5.74) is 0.111. The van der Waals surface area contributed by atoms with Gasteiger partial charge in [0.15, 0.2) is 0 Å². The first-order chi connectivity index (χ1) is 9.38. The van der Waals surface area contributed by atoms with Crippen LogP contribution >= 0.6 is 15.9 Å². The second kappa shape index (κ2) is 5.46. The summed E-state index contributed by atoms with van der Waals surface area (Å²) in [5, 5.41) is 11.3. The molecule has 0 aliphatic heterocycles. The molecule has 5 nitrogen and oxygen atoms in total. The number of hydrogen-bond donors (Lipinski definition) is 2. The molecule has 0 radical (unpaired) electrons. The molecule has 0 spiro atoms. The van der Waals surface area contributed by atoms with E-state index in [1.807, 2.05) is 0 Å². The van der Waals surface area contributed by atoms with Crippen molar-refractivity contribution in [2.45, 2.75) is 0 Å². The molecule has 7 heteroatoms. The number of aromatic carboxylic acids is 1. The van der Waals surface area contributed by atoms with Gasteiger partial charge in [0, 0.05) is 23.4 Å². The zero-order valence-electron chi connectivity index (χ0n) is 10.4. The maximum Gasteiger partial charge on any atom is 0.338 e. The van der Waals surface area contributed by atoms with Crippen LogP contribution in [0.4, 0.5) is 10.1 Å². The van der Waals surface area contributed by atoms with Crippen molar-refractivity contribution in [1.82, 2.24) is 4.57 Å². The van der Waals surface area contributed by atoms with Crippen LogP contribution in [0.15, 0.2) is 34.9 Å². The van der Waals surface area contributed by atoms with E-state index in [4.69, 9.17) is 5.11 Å². The summed E-state index contributed by atoms with van der Waals surface area (Å²) in [5.74, 6) is -2.65. The molecule has 1 amide bonds. The van der Waals surface area contributed by atoms with Crippen molar-refractivity contribution >= 4 is 33.5 Å². The molecule has 0 unspecified atom stereocenters. The van der Waals surface area contributed by atoms with Crippen LogP contribution in [0, 0.1) is 5.82 Å². The van der Waals surface area contributed by atoms with Gasteiger partial charge >= 0.3 is 5.97 Å². The first kappa shape index (κ1) is 14.3. The maximum absolute atomic E-state index is 13.2. The van der Waals surface area contributed by atoms with Crippen LogP contribution in [0.2, 0.25) is 0 Å². The van der Waals surface area contributed by atoms with Crippen molar-refractivity contribution < 1.29 is 19.1 Å². The van der Waals surface area contributed by atoms with E-state index in [0.29, 0.717) is 5.69 Å². The van der Waals surface area contributed by atoms with Gasteiger partial charge in [-0.2, -0.15) is 0 Å². The van der Waals surface area contributed by atoms with Gasteiger partial charge in [-0.1, -0.05) is 0 Å². The van der Waals surface area contributed by atoms with Crippen molar-refractivity contribution in [1.29, 1.82) is 0 Å². The predicted octanol–water partition coefficient (Wildman–Crippen LogP) is 2.88. The van der Waals surface area contributed by atoms with Gasteiger partial charge in [-0.3, -0.25) is 4.79 Å². The lowest BCUT2D eigenvalue weighted by molar-refractivity contribution is 0.0691. The Hall–Kier alpha value is -2.15. The van der Waals surface area contributed by atoms with Crippen molar-refractivity contribution in [3.05, 3.63) is 52.0 Å². The topological polar surface area (TPSA) is 71.3 Å². The first-order valence-electron chi connectivity index (χ1n) is 5.54. The molecule has 1 aromatic heterocycles. The van der Waals surface area contributed by atoms with Gasteiger partial charge in [0.1, 0.15) is 11.5 Å². The lowest BCUT2D eigenvalue weighted by Crippen LogP contribution is -2.15. The standard InChI is InChI=1S/C13H10BrFN2O3/c1-17-6-7(14)4-11(17)12(18)16-8-2-3-10(15)9(5-8)13(19)20/h2-6H,1H3,(H,16,18)(H,19,20). The molecule has 0 bridgehead atoms. The van der Waals surface area contributed by atoms with Gasteiger partial charge in [-0.25, -0.2) is 9.18 Å². The molecule has 2 N–H and O–H groups in total. The van der Waals surface area contributed by atoms with Gasteiger partial charge < -0.3 is 15.0 Å². The molecular weight excluding hydrogens is 331 g/mol. The minimum absolute atomic E-state index is 0.214. The van der Waals surface area contributed by atoms with E-state index in [-0.39, 0.29) is 5.69 Å². The summed E-state index contributed by atoms with van der Waals surface area (Å²) in [4.78, 5) is 22.8. The molecule has 0 fully saturated rings. The minimum atomic E-state index is -1.39. The van der Waals surface area contributed by atoms with E-state index in [2.05, 4.69) is 21.2 Å². The molecule has 2 rings (SSSR count). The van der Waals surface area contributed by atoms with E-state index in [0.717, 1.165) is 16.6 Å². The normalized spacial score (nSPS) is 10.3. The molecular formula is C13H10BrFN2O3. The number of amides is 1. The van der Waals surface area contributed by atoms with Crippen LogP contribution in [-0.2, 0) is 7.05 Å². The zero-order chi connectivity index (χ0) is 14.9. The third-order valence-electron chi connectivity index (χ3n) is 2.66. The molecule has 1 heterocycles. The molecule has 0 aliphatic rings. The van der Waals surface area contributed by atoms with Crippen LogP contribution in [0.3, 0.4) is 0 Å². The number of rotatable bonds is 3. The van der Waals surface area contributed by atoms with Crippen LogP contribution < -0.4 is 5.32 Å². The van der Waals surface area contributed by atoms with Crippen molar-refractivity contribution in [3.8, 4) is 0 Å². The molecule has 104 valence electrons. The van der Waals surface area contributed by atoms with Gasteiger partial charge in [-0.15, -0.1) is 0 Å². The van der Waals surface area contributed by atoms with E-state index < -0.39 is 23.3 Å². The van der Waals surface area contributed by atoms with Crippen LogP contribution in [0.5, 0.6) is 0 Å². The van der Waals surface area contributed by atoms with Crippen LogP contribution in [0.25, 0.3) is 0 Å². The molecule has 2 aromatic rings. The number of benzene rings is 1. The smallest absolute Gasteiger partial charge is 0.338 e. The fraction of sp³-hybridized carbons (Fsp3) is 0.0769. The monoisotopic (exact) mass is 340 g/mol. The number of halogens is 2. The van der Waals surface area contributed by atoms with Crippen molar-refractivity contribution in [3.63, 3.8) is 0 Å². The summed E-state index contributed by atoms with van der Waals surface area (Å²) >= 11 is 3.25. The van der Waals surface area contributed by atoms with Gasteiger partial charge in [0.25, 0.3) is 5.91 Å². The molecule has 1 aromatic carbocycles. The number of nitrogens with one attached hydrogen (secondary N) is 1. The number of carboxylic acid groups (broad SMARTS) is 1. The summed E-state index contributed by atoms with van der Waals surface area (Å²) in [6.07, 6.45) is 1.71. The van der Waals surface area contributed by atoms with Gasteiger partial charge in [0.2, 0.25) is 0 Å². The predicted molar refractivity (Wildman–Crippen MR) is 74.4 cm³/mol. The number of nitrogens with zero attached hydrogens (tertiary/aromatic N) is 1. The number of anilines is 1. The molecule has 0 saturated carbocycles. The Balaban J connectivity index is 2.26. The minimum Gasteiger partial charge on any atom is -0.478 e. The molecule has 0 atom stereocenters. The maximum atomic E-state index is 13.2. The van der Waals surface area contributed by atoms with E-state index in [9.17, 15) is 14.0 Å². The van der Waals surface area contributed by atoms with Crippen LogP contribution in [0.1, 0.15) is 20.8 Å². The highest BCUT2D eigenvalue weighted by molar-refractivity contribution is 9.10. The highest BCUT2D eigenvalue weighted by atomic mass is 79.9. The summed E-state index contributed by atoms with van der Waals surface area (Å²) in [6.45, 7) is 0. The average molecular weight is 341 g/mol. The Morgan fingerprint density at radius 3 is 2.60 bits per heavy atom. The Labute approximate surface area is 122 Å². The average Bonchev–Trinajstić information content (AvgIpc) is 2.70. The van der Waals surface area contributed by atoms with Crippen molar-refractivity contribution in [2.24, 2.45) is 7.05 Å². The lowest BCUT2D eigenvalue weighted by Gasteiger charge is -2.07. The quantitative estimate of drug-likeness (QED) is 0.902. The second-order valence-corrected chi connectivity index (χ2v) is 5.02. The fourth-order valence-corrected chi connectivity index (χ4v) is 2.24. The van der Waals surface area contributed by atoms with Crippen LogP contribution in [-0.4, -0.2) is 21.6 Å². The molecule has 0 saturated heterocycles. The highest BCUT2D eigenvalue weighted by Gasteiger charge is 2.14. The SMILES string of the molecule is Cn1cc(Br)cc1C(=O)Nc1ccc(F)c(C(=O)O)c1. The van der Waals surface area contributed by atoms with Gasteiger partial charge in [-0.05, 0) is 40.2 Å². The number of hydrogen-bond acceptors (Lipinski definition) is 2. The number of carbonyl (C=O) groups is 2. The van der Waals surface area contributed by atoms with E-state index >= 15 is 0 Å². The highest BCUT2D eigenvalue weighted by Crippen LogP contribution is 2.18. The van der Waals surface area contributed by atoms with E-state index in [1.165, 1.54) is 6.07 Å².